The van der Waals surface area contributed by atoms with Crippen LogP contribution in [0.4, 0.5) is 13.2 Å². The SMILES string of the molecule is CC(CS(=O)(=O)O)(OC(=O)c1ccc(C2CO2)cc1)C(F)(F)F. The van der Waals surface area contributed by atoms with Gasteiger partial charge in [0.1, 0.15) is 11.9 Å². The molecular formula is C13H13F3O6S. The van der Waals surface area contributed by atoms with Crippen molar-refractivity contribution < 1.29 is 40.4 Å². The Balaban J connectivity index is 2.19. The highest BCUT2D eigenvalue weighted by atomic mass is 32.2. The first-order valence-corrected chi connectivity index (χ1v) is 7.99. The maximum Gasteiger partial charge on any atom is 0.429 e. The number of halogens is 3. The molecule has 23 heavy (non-hydrogen) atoms. The van der Waals surface area contributed by atoms with E-state index < -0.39 is 33.6 Å². The van der Waals surface area contributed by atoms with E-state index in [9.17, 15) is 26.4 Å². The molecule has 1 aromatic rings. The molecule has 0 aromatic heterocycles. The van der Waals surface area contributed by atoms with Crippen LogP contribution in [-0.4, -0.2) is 43.1 Å². The molecule has 128 valence electrons. The molecule has 0 aliphatic carbocycles. The Labute approximate surface area is 129 Å². The van der Waals surface area contributed by atoms with Gasteiger partial charge in [-0.15, -0.1) is 0 Å². The van der Waals surface area contributed by atoms with Crippen LogP contribution in [-0.2, 0) is 19.6 Å². The average molecular weight is 354 g/mol. The number of carbonyl (C=O) groups is 1. The van der Waals surface area contributed by atoms with Crippen molar-refractivity contribution in [2.45, 2.75) is 24.8 Å². The molecule has 0 saturated carbocycles. The number of epoxide rings is 1. The van der Waals surface area contributed by atoms with Gasteiger partial charge in [-0.1, -0.05) is 12.1 Å². The number of benzene rings is 1. The molecular weight excluding hydrogens is 341 g/mol. The van der Waals surface area contributed by atoms with Gasteiger partial charge in [-0.25, -0.2) is 4.79 Å². The number of hydrogen-bond donors (Lipinski definition) is 1. The van der Waals surface area contributed by atoms with Crippen LogP contribution in [0.25, 0.3) is 0 Å². The second-order valence-corrected chi connectivity index (χ2v) is 6.74. The summed E-state index contributed by atoms with van der Waals surface area (Å²) in [4.78, 5) is 11.9. The van der Waals surface area contributed by atoms with E-state index in [1.165, 1.54) is 24.3 Å². The zero-order valence-corrected chi connectivity index (χ0v) is 12.6. The molecule has 0 spiro atoms. The lowest BCUT2D eigenvalue weighted by molar-refractivity contribution is -0.243. The molecule has 1 N–H and O–H groups in total. The van der Waals surface area contributed by atoms with Crippen LogP contribution < -0.4 is 0 Å². The summed E-state index contributed by atoms with van der Waals surface area (Å²) in [7, 11) is -5.02. The summed E-state index contributed by atoms with van der Waals surface area (Å²) in [5.74, 6) is -3.14. The molecule has 0 bridgehead atoms. The standard InChI is InChI=1S/C13H13F3O6S/c1-12(13(14,15)16,7-23(18,19)20)22-11(17)9-4-2-8(3-5-9)10-6-21-10/h2-5,10H,6-7H2,1H3,(H,18,19,20). The van der Waals surface area contributed by atoms with E-state index >= 15 is 0 Å². The molecule has 1 heterocycles. The fourth-order valence-electron chi connectivity index (χ4n) is 1.86. The van der Waals surface area contributed by atoms with Crippen molar-refractivity contribution in [2.24, 2.45) is 0 Å². The number of alkyl halides is 3. The molecule has 2 unspecified atom stereocenters. The lowest BCUT2D eigenvalue weighted by Crippen LogP contribution is -2.51. The number of ether oxygens (including phenoxy) is 2. The summed E-state index contributed by atoms with van der Waals surface area (Å²) < 4.78 is 78.7. The average Bonchev–Trinajstić information content (AvgIpc) is 3.19. The van der Waals surface area contributed by atoms with Gasteiger partial charge in [-0.2, -0.15) is 21.6 Å². The fraction of sp³-hybridized carbons (Fsp3) is 0.462. The molecule has 2 rings (SSSR count). The van der Waals surface area contributed by atoms with Crippen LogP contribution in [0, 0.1) is 0 Å². The first-order valence-electron chi connectivity index (χ1n) is 6.38. The summed E-state index contributed by atoms with van der Waals surface area (Å²) in [5.41, 5.74) is -2.78. The Morgan fingerprint density at radius 3 is 2.26 bits per heavy atom. The topological polar surface area (TPSA) is 93.2 Å². The lowest BCUT2D eigenvalue weighted by atomic mass is 10.1. The number of hydrogen-bond acceptors (Lipinski definition) is 5. The van der Waals surface area contributed by atoms with Gasteiger partial charge in [0, 0.05) is 0 Å². The molecule has 1 aromatic carbocycles. The highest BCUT2D eigenvalue weighted by molar-refractivity contribution is 7.85. The zero-order chi connectivity index (χ0) is 17.5. The van der Waals surface area contributed by atoms with E-state index in [4.69, 9.17) is 9.29 Å². The fourth-order valence-corrected chi connectivity index (χ4v) is 2.77. The largest absolute Gasteiger partial charge is 0.445 e. The van der Waals surface area contributed by atoms with E-state index in [1.54, 1.807) is 0 Å². The van der Waals surface area contributed by atoms with Crippen LogP contribution in [0.1, 0.15) is 28.9 Å². The Morgan fingerprint density at radius 2 is 1.87 bits per heavy atom. The summed E-state index contributed by atoms with van der Waals surface area (Å²) in [6.07, 6.45) is -5.26. The second-order valence-electron chi connectivity index (χ2n) is 5.29. The van der Waals surface area contributed by atoms with Crippen LogP contribution in [0.2, 0.25) is 0 Å². The molecule has 1 saturated heterocycles. The predicted octanol–water partition coefficient (Wildman–Crippen LogP) is 2.12. The van der Waals surface area contributed by atoms with Gasteiger partial charge in [0.15, 0.2) is 0 Å². The van der Waals surface area contributed by atoms with Gasteiger partial charge in [-0.05, 0) is 24.6 Å². The lowest BCUT2D eigenvalue weighted by Gasteiger charge is -2.30. The van der Waals surface area contributed by atoms with Crippen molar-refractivity contribution >= 4 is 16.1 Å². The summed E-state index contributed by atoms with van der Waals surface area (Å²) in [6.45, 7) is 0.912. The minimum atomic E-state index is -5.18. The van der Waals surface area contributed by atoms with Gasteiger partial charge in [0.25, 0.3) is 10.1 Å². The van der Waals surface area contributed by atoms with Crippen LogP contribution in [0.5, 0.6) is 0 Å². The second kappa shape index (κ2) is 5.77. The zero-order valence-electron chi connectivity index (χ0n) is 11.8. The predicted molar refractivity (Wildman–Crippen MR) is 71.4 cm³/mol. The first kappa shape index (κ1) is 17.7. The van der Waals surface area contributed by atoms with Gasteiger partial charge in [0.2, 0.25) is 5.60 Å². The van der Waals surface area contributed by atoms with Crippen molar-refractivity contribution in [2.75, 3.05) is 12.4 Å². The Kier molecular flexibility index (Phi) is 4.44. The molecule has 0 amide bonds. The smallest absolute Gasteiger partial charge is 0.429 e. The van der Waals surface area contributed by atoms with Crippen molar-refractivity contribution in [3.63, 3.8) is 0 Å². The maximum absolute atomic E-state index is 13.0. The normalized spacial score (nSPS) is 20.7. The Hall–Kier alpha value is -1.65. The molecule has 6 nitrogen and oxygen atoms in total. The van der Waals surface area contributed by atoms with E-state index in [0.29, 0.717) is 13.5 Å². The molecule has 1 aliphatic heterocycles. The summed E-state index contributed by atoms with van der Waals surface area (Å²) in [5, 5.41) is 0. The van der Waals surface area contributed by atoms with E-state index in [2.05, 4.69) is 4.74 Å². The van der Waals surface area contributed by atoms with Crippen LogP contribution >= 0.6 is 0 Å². The quantitative estimate of drug-likeness (QED) is 0.495. The molecule has 1 fully saturated rings. The third-order valence-corrected chi connectivity index (χ3v) is 4.14. The molecule has 2 atom stereocenters. The number of esters is 1. The van der Waals surface area contributed by atoms with E-state index in [0.717, 1.165) is 5.56 Å². The monoisotopic (exact) mass is 354 g/mol. The van der Waals surface area contributed by atoms with E-state index in [-0.39, 0.29) is 11.7 Å². The van der Waals surface area contributed by atoms with Gasteiger partial charge in [-0.3, -0.25) is 4.55 Å². The van der Waals surface area contributed by atoms with E-state index in [1.807, 2.05) is 0 Å². The van der Waals surface area contributed by atoms with Crippen molar-refractivity contribution in [1.29, 1.82) is 0 Å². The van der Waals surface area contributed by atoms with Gasteiger partial charge >= 0.3 is 12.1 Å². The van der Waals surface area contributed by atoms with Crippen molar-refractivity contribution in [1.82, 2.24) is 0 Å². The van der Waals surface area contributed by atoms with Gasteiger partial charge in [0.05, 0.1) is 12.2 Å². The first-order chi connectivity index (χ1) is 10.4. The summed E-state index contributed by atoms with van der Waals surface area (Å²) >= 11 is 0. The van der Waals surface area contributed by atoms with Crippen LogP contribution in [0.3, 0.4) is 0 Å². The third kappa shape index (κ3) is 4.43. The van der Waals surface area contributed by atoms with Crippen molar-refractivity contribution in [3.8, 4) is 0 Å². The Bertz CT molecular complexity index is 693. The van der Waals surface area contributed by atoms with Gasteiger partial charge < -0.3 is 9.47 Å². The third-order valence-electron chi connectivity index (χ3n) is 3.23. The molecule has 1 aliphatic rings. The molecule has 10 heteroatoms. The van der Waals surface area contributed by atoms with Crippen LogP contribution in [0.15, 0.2) is 24.3 Å². The number of rotatable bonds is 5. The maximum atomic E-state index is 13.0. The highest BCUT2D eigenvalue weighted by Crippen LogP contribution is 2.35. The Morgan fingerprint density at radius 1 is 1.35 bits per heavy atom. The highest BCUT2D eigenvalue weighted by Gasteiger charge is 2.57. The van der Waals surface area contributed by atoms with Crippen molar-refractivity contribution in [3.05, 3.63) is 35.4 Å². The minimum Gasteiger partial charge on any atom is -0.445 e. The minimum absolute atomic E-state index is 0.0833. The molecule has 0 radical (unpaired) electrons. The summed E-state index contributed by atoms with van der Waals surface area (Å²) in [6, 6.07) is 5.51. The number of carbonyl (C=O) groups excluding carboxylic acids is 1.